The van der Waals surface area contributed by atoms with E-state index in [2.05, 4.69) is 10.6 Å². The molecule has 3 rings (SSSR count). The molecule has 0 radical (unpaired) electrons. The van der Waals surface area contributed by atoms with E-state index in [4.69, 9.17) is 0 Å². The molecule has 2 aromatic rings. The summed E-state index contributed by atoms with van der Waals surface area (Å²) in [7, 11) is 0. The van der Waals surface area contributed by atoms with Gasteiger partial charge in [0.1, 0.15) is 0 Å². The minimum absolute atomic E-state index is 0.331. The van der Waals surface area contributed by atoms with Crippen molar-refractivity contribution in [1.29, 1.82) is 0 Å². The predicted molar refractivity (Wildman–Crippen MR) is 103 cm³/mol. The second-order valence-electron chi connectivity index (χ2n) is 6.69. The molecule has 6 heteroatoms. The van der Waals surface area contributed by atoms with E-state index in [0.29, 0.717) is 29.8 Å². The first kappa shape index (κ1) is 18.6. The topological polar surface area (TPSA) is 95.5 Å². The van der Waals surface area contributed by atoms with Crippen molar-refractivity contribution in [3.05, 3.63) is 60.2 Å². The number of carboxylic acid groups (broad SMARTS) is 1. The zero-order valence-corrected chi connectivity index (χ0v) is 14.9. The maximum atomic E-state index is 12.7. The number of carbonyl (C=O) groups excluding carboxylic acids is 2. The molecule has 27 heavy (non-hydrogen) atoms. The summed E-state index contributed by atoms with van der Waals surface area (Å²) in [5, 5.41) is 14.9. The highest BCUT2D eigenvalue weighted by atomic mass is 16.4. The van der Waals surface area contributed by atoms with Gasteiger partial charge in [-0.3, -0.25) is 14.4 Å². The van der Waals surface area contributed by atoms with E-state index < -0.39 is 17.8 Å². The summed E-state index contributed by atoms with van der Waals surface area (Å²) in [6.07, 6.45) is 2.69. The number of anilines is 2. The average Bonchev–Trinajstić information content (AvgIpc) is 2.69. The normalized spacial score (nSPS) is 19.1. The fraction of sp³-hybridized carbons (Fsp3) is 0.286. The number of hydrogen-bond acceptors (Lipinski definition) is 3. The molecule has 1 aliphatic carbocycles. The van der Waals surface area contributed by atoms with Crippen molar-refractivity contribution in [3.8, 4) is 0 Å². The van der Waals surface area contributed by atoms with Crippen LogP contribution in [0.1, 0.15) is 36.0 Å². The third-order valence-corrected chi connectivity index (χ3v) is 4.88. The van der Waals surface area contributed by atoms with Crippen molar-refractivity contribution in [2.45, 2.75) is 25.7 Å². The van der Waals surface area contributed by atoms with Gasteiger partial charge >= 0.3 is 5.97 Å². The van der Waals surface area contributed by atoms with Gasteiger partial charge in [0.2, 0.25) is 5.91 Å². The maximum Gasteiger partial charge on any atom is 0.307 e. The lowest BCUT2D eigenvalue weighted by atomic mass is 9.78. The molecule has 1 fully saturated rings. The molecule has 0 aliphatic heterocycles. The van der Waals surface area contributed by atoms with Crippen LogP contribution in [0.25, 0.3) is 0 Å². The van der Waals surface area contributed by atoms with Crippen LogP contribution in [0.3, 0.4) is 0 Å². The number of aliphatic carboxylic acids is 1. The standard InChI is InChI=1S/C21H22N2O4/c24-19(15-10-4-5-11-16(15)21(26)27)23-18-13-7-6-12-17(18)20(25)22-14-8-2-1-3-9-14/h1-3,6-9,12-13,15-16H,4-5,10-11H2,(H,22,25)(H,23,24)(H,26,27)/t15-,16+/m0/s1. The largest absolute Gasteiger partial charge is 0.481 e. The molecule has 3 N–H and O–H groups in total. The Hall–Kier alpha value is -3.15. The van der Waals surface area contributed by atoms with E-state index in [-0.39, 0.29) is 11.8 Å². The average molecular weight is 366 g/mol. The molecular weight excluding hydrogens is 344 g/mol. The molecule has 6 nitrogen and oxygen atoms in total. The maximum absolute atomic E-state index is 12.7. The van der Waals surface area contributed by atoms with E-state index >= 15 is 0 Å². The van der Waals surface area contributed by atoms with Crippen LogP contribution in [0.4, 0.5) is 11.4 Å². The minimum Gasteiger partial charge on any atom is -0.481 e. The van der Waals surface area contributed by atoms with Gasteiger partial charge in [0, 0.05) is 5.69 Å². The summed E-state index contributed by atoms with van der Waals surface area (Å²) in [4.78, 5) is 36.8. The Morgan fingerprint density at radius 3 is 2.15 bits per heavy atom. The Morgan fingerprint density at radius 2 is 1.44 bits per heavy atom. The van der Waals surface area contributed by atoms with Gasteiger partial charge < -0.3 is 15.7 Å². The van der Waals surface area contributed by atoms with Crippen LogP contribution in [-0.2, 0) is 9.59 Å². The number of benzene rings is 2. The molecule has 1 saturated carbocycles. The van der Waals surface area contributed by atoms with Gasteiger partial charge in [0.05, 0.1) is 23.1 Å². The van der Waals surface area contributed by atoms with Crippen LogP contribution in [-0.4, -0.2) is 22.9 Å². The second kappa shape index (κ2) is 8.49. The highest BCUT2D eigenvalue weighted by Gasteiger charge is 2.36. The molecule has 0 heterocycles. The highest BCUT2D eigenvalue weighted by Crippen LogP contribution is 2.31. The van der Waals surface area contributed by atoms with E-state index in [1.165, 1.54) is 0 Å². The number of carboxylic acids is 1. The van der Waals surface area contributed by atoms with Gasteiger partial charge in [-0.05, 0) is 37.1 Å². The summed E-state index contributed by atoms with van der Waals surface area (Å²) in [5.74, 6) is -2.88. The number of para-hydroxylation sites is 2. The Morgan fingerprint density at radius 1 is 0.815 bits per heavy atom. The van der Waals surface area contributed by atoms with Crippen LogP contribution in [0, 0.1) is 11.8 Å². The van der Waals surface area contributed by atoms with E-state index in [9.17, 15) is 19.5 Å². The van der Waals surface area contributed by atoms with Crippen LogP contribution < -0.4 is 10.6 Å². The van der Waals surface area contributed by atoms with Crippen LogP contribution >= 0.6 is 0 Å². The van der Waals surface area contributed by atoms with Crippen LogP contribution in [0.5, 0.6) is 0 Å². The molecule has 1 aliphatic rings. The van der Waals surface area contributed by atoms with Gasteiger partial charge in [-0.2, -0.15) is 0 Å². The fourth-order valence-corrected chi connectivity index (χ4v) is 3.48. The number of rotatable bonds is 5. The summed E-state index contributed by atoms with van der Waals surface area (Å²) < 4.78 is 0. The van der Waals surface area contributed by atoms with Gasteiger partial charge in [0.25, 0.3) is 5.91 Å². The van der Waals surface area contributed by atoms with Crippen molar-refractivity contribution in [3.63, 3.8) is 0 Å². The lowest BCUT2D eigenvalue weighted by molar-refractivity contribution is -0.147. The van der Waals surface area contributed by atoms with Crippen molar-refractivity contribution >= 4 is 29.2 Å². The van der Waals surface area contributed by atoms with E-state index in [1.54, 1.807) is 36.4 Å². The molecule has 2 aromatic carbocycles. The first-order valence-corrected chi connectivity index (χ1v) is 9.05. The highest BCUT2D eigenvalue weighted by molar-refractivity contribution is 6.10. The van der Waals surface area contributed by atoms with Crippen LogP contribution in [0.2, 0.25) is 0 Å². The molecule has 0 bridgehead atoms. The minimum atomic E-state index is -0.940. The molecule has 0 unspecified atom stereocenters. The summed E-state index contributed by atoms with van der Waals surface area (Å²) in [5.41, 5.74) is 1.37. The third-order valence-electron chi connectivity index (χ3n) is 4.88. The van der Waals surface area contributed by atoms with Gasteiger partial charge in [-0.1, -0.05) is 43.2 Å². The van der Waals surface area contributed by atoms with Gasteiger partial charge in [0.15, 0.2) is 0 Å². The Kier molecular flexibility index (Phi) is 5.86. The number of hydrogen-bond donors (Lipinski definition) is 3. The molecule has 140 valence electrons. The number of amides is 2. The Bertz CT molecular complexity index is 835. The summed E-state index contributed by atoms with van der Waals surface area (Å²) >= 11 is 0. The summed E-state index contributed by atoms with van der Waals surface area (Å²) in [6.45, 7) is 0. The number of carbonyl (C=O) groups is 3. The predicted octanol–water partition coefficient (Wildman–Crippen LogP) is 3.77. The molecule has 0 spiro atoms. The van der Waals surface area contributed by atoms with Gasteiger partial charge in [-0.15, -0.1) is 0 Å². The van der Waals surface area contributed by atoms with E-state index in [1.807, 2.05) is 18.2 Å². The van der Waals surface area contributed by atoms with Crippen molar-refractivity contribution in [2.24, 2.45) is 11.8 Å². The van der Waals surface area contributed by atoms with Crippen molar-refractivity contribution in [2.75, 3.05) is 10.6 Å². The smallest absolute Gasteiger partial charge is 0.307 e. The second-order valence-corrected chi connectivity index (χ2v) is 6.69. The van der Waals surface area contributed by atoms with Crippen LogP contribution in [0.15, 0.2) is 54.6 Å². The first-order valence-electron chi connectivity index (χ1n) is 9.05. The van der Waals surface area contributed by atoms with E-state index in [0.717, 1.165) is 12.8 Å². The molecule has 0 saturated heterocycles. The SMILES string of the molecule is O=C(Nc1ccccc1)c1ccccc1NC(=O)[C@H]1CCCC[C@H]1C(=O)O. The van der Waals surface area contributed by atoms with Crippen molar-refractivity contribution in [1.82, 2.24) is 0 Å². The Labute approximate surface area is 157 Å². The zero-order valence-electron chi connectivity index (χ0n) is 14.9. The fourth-order valence-electron chi connectivity index (χ4n) is 3.48. The molecule has 0 aromatic heterocycles. The zero-order chi connectivity index (χ0) is 19.2. The molecular formula is C21H22N2O4. The lowest BCUT2D eigenvalue weighted by Gasteiger charge is -2.27. The monoisotopic (exact) mass is 366 g/mol. The first-order chi connectivity index (χ1) is 13.1. The summed E-state index contributed by atoms with van der Waals surface area (Å²) in [6, 6.07) is 15.8. The third kappa shape index (κ3) is 4.53. The Balaban J connectivity index is 1.76. The molecule has 2 atom stereocenters. The quantitative estimate of drug-likeness (QED) is 0.751. The van der Waals surface area contributed by atoms with Gasteiger partial charge in [-0.25, -0.2) is 0 Å². The van der Waals surface area contributed by atoms with Crippen molar-refractivity contribution < 1.29 is 19.5 Å². The number of nitrogens with one attached hydrogen (secondary N) is 2. The lowest BCUT2D eigenvalue weighted by Crippen LogP contribution is -2.36. The molecule has 2 amide bonds.